The second-order valence-corrected chi connectivity index (χ2v) is 7.38. The minimum absolute atomic E-state index is 0.0350. The van der Waals surface area contributed by atoms with Crippen molar-refractivity contribution in [1.82, 2.24) is 5.06 Å². The molecule has 0 amide bonds. The van der Waals surface area contributed by atoms with Crippen molar-refractivity contribution in [3.8, 4) is 0 Å². The molecule has 1 saturated heterocycles. The fourth-order valence-electron chi connectivity index (χ4n) is 5.27. The number of nitrogens with zero attached hydrogens (tertiary/aromatic N) is 1. The molecule has 1 heterocycles. The van der Waals surface area contributed by atoms with Crippen LogP contribution in [0.25, 0.3) is 0 Å². The molecular formula is C16H28NO-. The molecule has 0 atom stereocenters. The largest absolute Gasteiger partial charge is 0.784 e. The van der Waals surface area contributed by atoms with E-state index in [1.165, 1.54) is 64.2 Å². The predicted molar refractivity (Wildman–Crippen MR) is 75.2 cm³/mol. The zero-order chi connectivity index (χ0) is 12.6. The average Bonchev–Trinajstić information content (AvgIpc) is 2.38. The van der Waals surface area contributed by atoms with Crippen molar-refractivity contribution in [3.63, 3.8) is 0 Å². The number of hydroxylamine groups is 2. The molecule has 2 nitrogen and oxygen atoms in total. The molecule has 0 aromatic heterocycles. The van der Waals surface area contributed by atoms with E-state index in [-0.39, 0.29) is 11.1 Å². The molecular weight excluding hydrogens is 222 g/mol. The third kappa shape index (κ3) is 2.02. The van der Waals surface area contributed by atoms with Crippen molar-refractivity contribution in [2.24, 2.45) is 5.92 Å². The Kier molecular flexibility index (Phi) is 3.44. The molecule has 0 aromatic carbocycles. The second kappa shape index (κ2) is 4.79. The molecule has 1 aliphatic heterocycles. The molecule has 0 aromatic rings. The van der Waals surface area contributed by atoms with Gasteiger partial charge in [0.2, 0.25) is 0 Å². The van der Waals surface area contributed by atoms with Gasteiger partial charge in [-0.25, -0.2) is 0 Å². The van der Waals surface area contributed by atoms with Crippen LogP contribution in [-0.2, 0) is 0 Å². The molecule has 0 radical (unpaired) electrons. The van der Waals surface area contributed by atoms with Gasteiger partial charge in [0.05, 0.1) is 0 Å². The van der Waals surface area contributed by atoms with Crippen molar-refractivity contribution < 1.29 is 0 Å². The van der Waals surface area contributed by atoms with E-state index in [1.54, 1.807) is 5.06 Å². The highest BCUT2D eigenvalue weighted by molar-refractivity contribution is 5.08. The molecule has 0 N–H and O–H groups in total. The van der Waals surface area contributed by atoms with E-state index < -0.39 is 0 Å². The van der Waals surface area contributed by atoms with E-state index in [1.807, 2.05) is 0 Å². The zero-order valence-electron chi connectivity index (χ0n) is 11.9. The summed E-state index contributed by atoms with van der Waals surface area (Å²) in [5.41, 5.74) is 0.0700. The summed E-state index contributed by atoms with van der Waals surface area (Å²) in [5, 5.41) is 14.8. The van der Waals surface area contributed by atoms with E-state index in [0.717, 1.165) is 18.8 Å². The van der Waals surface area contributed by atoms with Crippen molar-refractivity contribution in [3.05, 3.63) is 5.21 Å². The third-order valence-corrected chi connectivity index (χ3v) is 5.89. The third-order valence-electron chi connectivity index (χ3n) is 5.89. The van der Waals surface area contributed by atoms with Gasteiger partial charge in [-0.2, -0.15) is 0 Å². The Morgan fingerprint density at radius 2 is 1.17 bits per heavy atom. The first-order valence-electron chi connectivity index (χ1n) is 8.14. The van der Waals surface area contributed by atoms with Gasteiger partial charge in [-0.1, -0.05) is 45.4 Å². The van der Waals surface area contributed by atoms with Gasteiger partial charge in [-0.3, -0.25) is 0 Å². The lowest BCUT2D eigenvalue weighted by Crippen LogP contribution is -2.63. The Labute approximate surface area is 112 Å². The molecule has 3 aliphatic rings. The molecule has 2 heteroatoms. The molecule has 2 saturated carbocycles. The summed E-state index contributed by atoms with van der Waals surface area (Å²) in [6.07, 6.45) is 14.8. The maximum absolute atomic E-state index is 13.1. The Morgan fingerprint density at radius 3 is 1.56 bits per heavy atom. The quantitative estimate of drug-likeness (QED) is 0.627. The topological polar surface area (TPSA) is 26.3 Å². The summed E-state index contributed by atoms with van der Waals surface area (Å²) in [7, 11) is 0. The normalized spacial score (nSPS) is 36.0. The summed E-state index contributed by atoms with van der Waals surface area (Å²) >= 11 is 0. The van der Waals surface area contributed by atoms with Crippen LogP contribution in [0.4, 0.5) is 0 Å². The first-order chi connectivity index (χ1) is 8.67. The van der Waals surface area contributed by atoms with E-state index >= 15 is 0 Å². The van der Waals surface area contributed by atoms with Crippen molar-refractivity contribution in [1.29, 1.82) is 0 Å². The average molecular weight is 250 g/mol. The smallest absolute Gasteiger partial charge is 0.00970 e. The van der Waals surface area contributed by atoms with Gasteiger partial charge in [0.1, 0.15) is 0 Å². The summed E-state index contributed by atoms with van der Waals surface area (Å²) in [5.74, 6) is 0.756. The van der Waals surface area contributed by atoms with Crippen LogP contribution in [0.1, 0.15) is 84.0 Å². The monoisotopic (exact) mass is 250 g/mol. The summed E-state index contributed by atoms with van der Waals surface area (Å²) < 4.78 is 0. The fraction of sp³-hybridized carbons (Fsp3) is 1.00. The van der Waals surface area contributed by atoms with Gasteiger partial charge in [0.25, 0.3) is 0 Å². The van der Waals surface area contributed by atoms with Crippen molar-refractivity contribution >= 4 is 0 Å². The van der Waals surface area contributed by atoms with Crippen LogP contribution in [0.2, 0.25) is 0 Å². The van der Waals surface area contributed by atoms with Crippen LogP contribution in [-0.4, -0.2) is 16.1 Å². The Hall–Kier alpha value is -0.0800. The number of hydrogen-bond acceptors (Lipinski definition) is 2. The first-order valence-corrected chi connectivity index (χ1v) is 8.14. The first kappa shape index (κ1) is 12.9. The van der Waals surface area contributed by atoms with Crippen LogP contribution >= 0.6 is 0 Å². The zero-order valence-corrected chi connectivity index (χ0v) is 11.9. The van der Waals surface area contributed by atoms with Gasteiger partial charge >= 0.3 is 0 Å². The molecule has 2 aliphatic carbocycles. The number of rotatable bonds is 0. The second-order valence-electron chi connectivity index (χ2n) is 7.38. The molecule has 104 valence electrons. The molecule has 3 fully saturated rings. The van der Waals surface area contributed by atoms with Gasteiger partial charge in [-0.15, -0.1) is 0 Å². The minimum Gasteiger partial charge on any atom is -0.784 e. The fourth-order valence-corrected chi connectivity index (χ4v) is 5.27. The molecule has 0 bridgehead atoms. The standard InChI is InChI=1S/C16H28NO/c1-14-12-15(8-4-2-5-9-15)17(18)16(13-14)10-6-3-7-11-16/h14H,2-13H2,1H3/q-1. The van der Waals surface area contributed by atoms with Crippen LogP contribution in [0, 0.1) is 11.1 Å². The predicted octanol–water partition coefficient (Wildman–Crippen LogP) is 4.62. The van der Waals surface area contributed by atoms with Gasteiger partial charge in [-0.05, 0) is 44.4 Å². The van der Waals surface area contributed by atoms with Gasteiger partial charge in [0, 0.05) is 11.1 Å². The van der Waals surface area contributed by atoms with E-state index in [2.05, 4.69) is 6.92 Å². The van der Waals surface area contributed by atoms with Crippen LogP contribution < -0.4 is 0 Å². The van der Waals surface area contributed by atoms with Gasteiger partial charge < -0.3 is 10.3 Å². The van der Waals surface area contributed by atoms with Gasteiger partial charge in [0.15, 0.2) is 0 Å². The van der Waals surface area contributed by atoms with Crippen LogP contribution in [0.15, 0.2) is 0 Å². The lowest BCUT2D eigenvalue weighted by Gasteiger charge is -2.66. The number of piperidine rings is 1. The highest BCUT2D eigenvalue weighted by atomic mass is 16.5. The van der Waals surface area contributed by atoms with Crippen molar-refractivity contribution in [2.75, 3.05) is 0 Å². The van der Waals surface area contributed by atoms with E-state index in [0.29, 0.717) is 0 Å². The minimum atomic E-state index is 0.0350. The van der Waals surface area contributed by atoms with E-state index in [4.69, 9.17) is 0 Å². The Morgan fingerprint density at radius 1 is 0.778 bits per heavy atom. The SMILES string of the molecule is CC1CC2(CCCCC2)N([O-])C2(CCCCC2)C1. The maximum Gasteiger partial charge on any atom is 0.00970 e. The number of hydrogen-bond donors (Lipinski definition) is 0. The molecule has 2 spiro atoms. The summed E-state index contributed by atoms with van der Waals surface area (Å²) in [6.45, 7) is 2.39. The van der Waals surface area contributed by atoms with E-state index in [9.17, 15) is 5.21 Å². The lowest BCUT2D eigenvalue weighted by atomic mass is 9.64. The lowest BCUT2D eigenvalue weighted by molar-refractivity contribution is -0.0819. The summed E-state index contributed by atoms with van der Waals surface area (Å²) in [4.78, 5) is 0. The van der Waals surface area contributed by atoms with Crippen LogP contribution in [0.5, 0.6) is 0 Å². The van der Waals surface area contributed by atoms with Crippen LogP contribution in [0.3, 0.4) is 0 Å². The molecule has 0 unspecified atom stereocenters. The highest BCUT2D eigenvalue weighted by Gasteiger charge is 2.48. The Bertz CT molecular complexity index is 261. The van der Waals surface area contributed by atoms with Crippen molar-refractivity contribution in [2.45, 2.75) is 95.1 Å². The Balaban J connectivity index is 1.86. The maximum atomic E-state index is 13.1. The molecule has 3 rings (SSSR count). The summed E-state index contributed by atoms with van der Waals surface area (Å²) in [6, 6.07) is 0. The highest BCUT2D eigenvalue weighted by Crippen LogP contribution is 2.52. The molecule has 18 heavy (non-hydrogen) atoms.